The van der Waals surface area contributed by atoms with E-state index in [2.05, 4.69) is 46.4 Å². The molecule has 134 valence electrons. The van der Waals surface area contributed by atoms with Gasteiger partial charge in [0.2, 0.25) is 0 Å². The van der Waals surface area contributed by atoms with Gasteiger partial charge < -0.3 is 14.8 Å². The van der Waals surface area contributed by atoms with Gasteiger partial charge in [-0.3, -0.25) is 0 Å². The van der Waals surface area contributed by atoms with E-state index < -0.39 is 0 Å². The fourth-order valence-corrected chi connectivity index (χ4v) is 3.30. The summed E-state index contributed by atoms with van der Waals surface area (Å²) in [5.41, 5.74) is 4.57. The van der Waals surface area contributed by atoms with Crippen molar-refractivity contribution >= 4 is 21.6 Å². The fourth-order valence-electron chi connectivity index (χ4n) is 2.70. The zero-order valence-corrected chi connectivity index (χ0v) is 16.5. The summed E-state index contributed by atoms with van der Waals surface area (Å²) in [7, 11) is 1.66. The summed E-state index contributed by atoms with van der Waals surface area (Å²) in [6.45, 7) is 3.30. The standard InChI is InChI=1S/C22H22BrNO2/c1-16-8-6-7-9-18(16)15-26-22-20(23)12-17(13-21(22)25-2)14-24-19-10-4-3-5-11-19/h3-13,24H,14-15H2,1-2H3. The number of rotatable bonds is 7. The second-order valence-corrected chi connectivity index (χ2v) is 6.90. The maximum absolute atomic E-state index is 6.05. The lowest BCUT2D eigenvalue weighted by Gasteiger charge is -2.16. The van der Waals surface area contributed by atoms with E-state index in [1.165, 1.54) is 5.56 Å². The number of hydrogen-bond acceptors (Lipinski definition) is 3. The highest BCUT2D eigenvalue weighted by atomic mass is 79.9. The first-order valence-electron chi connectivity index (χ1n) is 8.50. The molecule has 0 saturated carbocycles. The van der Waals surface area contributed by atoms with E-state index >= 15 is 0 Å². The van der Waals surface area contributed by atoms with Crippen LogP contribution in [-0.2, 0) is 13.2 Å². The number of ether oxygens (including phenoxy) is 2. The van der Waals surface area contributed by atoms with E-state index in [9.17, 15) is 0 Å². The summed E-state index contributed by atoms with van der Waals surface area (Å²) in [6, 6.07) is 22.4. The molecule has 3 rings (SSSR count). The predicted octanol–water partition coefficient (Wildman–Crippen LogP) is 5.96. The molecule has 0 aromatic heterocycles. The molecule has 1 N–H and O–H groups in total. The molecular formula is C22H22BrNO2. The SMILES string of the molecule is COc1cc(CNc2ccccc2)cc(Br)c1OCc1ccccc1C. The molecule has 0 aliphatic heterocycles. The highest BCUT2D eigenvalue weighted by Gasteiger charge is 2.12. The van der Waals surface area contributed by atoms with Crippen LogP contribution in [0.25, 0.3) is 0 Å². The molecule has 0 fully saturated rings. The van der Waals surface area contributed by atoms with Crippen LogP contribution in [0.15, 0.2) is 71.2 Å². The highest BCUT2D eigenvalue weighted by molar-refractivity contribution is 9.10. The predicted molar refractivity (Wildman–Crippen MR) is 110 cm³/mol. The third kappa shape index (κ3) is 4.58. The van der Waals surface area contributed by atoms with Crippen molar-refractivity contribution in [2.45, 2.75) is 20.1 Å². The summed E-state index contributed by atoms with van der Waals surface area (Å²) in [4.78, 5) is 0. The summed E-state index contributed by atoms with van der Waals surface area (Å²) < 4.78 is 12.5. The number of methoxy groups -OCH3 is 1. The Morgan fingerprint density at radius 1 is 0.962 bits per heavy atom. The van der Waals surface area contributed by atoms with E-state index in [-0.39, 0.29) is 0 Å². The normalized spacial score (nSPS) is 10.4. The van der Waals surface area contributed by atoms with E-state index in [0.29, 0.717) is 13.2 Å². The fraction of sp³-hybridized carbons (Fsp3) is 0.182. The van der Waals surface area contributed by atoms with E-state index in [1.807, 2.05) is 48.5 Å². The first-order valence-corrected chi connectivity index (χ1v) is 9.29. The van der Waals surface area contributed by atoms with Gasteiger partial charge >= 0.3 is 0 Å². The van der Waals surface area contributed by atoms with Gasteiger partial charge in [-0.2, -0.15) is 0 Å². The number of nitrogens with one attached hydrogen (secondary N) is 1. The number of aryl methyl sites for hydroxylation is 1. The molecule has 26 heavy (non-hydrogen) atoms. The van der Waals surface area contributed by atoms with Crippen LogP contribution < -0.4 is 14.8 Å². The second-order valence-electron chi connectivity index (χ2n) is 6.04. The summed E-state index contributed by atoms with van der Waals surface area (Å²) in [5, 5.41) is 3.41. The lowest BCUT2D eigenvalue weighted by Crippen LogP contribution is -2.03. The third-order valence-electron chi connectivity index (χ3n) is 4.19. The summed E-state index contributed by atoms with van der Waals surface area (Å²) >= 11 is 3.62. The van der Waals surface area contributed by atoms with Crippen LogP contribution in [0, 0.1) is 6.92 Å². The second kappa shape index (κ2) is 8.77. The highest BCUT2D eigenvalue weighted by Crippen LogP contribution is 2.37. The summed E-state index contributed by atoms with van der Waals surface area (Å²) in [6.07, 6.45) is 0. The Balaban J connectivity index is 1.73. The van der Waals surface area contributed by atoms with Crippen molar-refractivity contribution in [1.82, 2.24) is 0 Å². The molecule has 0 aliphatic rings. The van der Waals surface area contributed by atoms with Gasteiger partial charge in [-0.15, -0.1) is 0 Å². The average Bonchev–Trinajstić information content (AvgIpc) is 2.67. The molecule has 0 heterocycles. The quantitative estimate of drug-likeness (QED) is 0.520. The molecule has 0 atom stereocenters. The van der Waals surface area contributed by atoms with E-state index in [4.69, 9.17) is 9.47 Å². The van der Waals surface area contributed by atoms with Gasteiger partial charge in [0.1, 0.15) is 6.61 Å². The smallest absolute Gasteiger partial charge is 0.175 e. The zero-order chi connectivity index (χ0) is 18.4. The minimum absolute atomic E-state index is 0.503. The summed E-state index contributed by atoms with van der Waals surface area (Å²) in [5.74, 6) is 1.44. The molecule has 3 aromatic rings. The maximum atomic E-state index is 6.05. The molecule has 4 heteroatoms. The number of benzene rings is 3. The Kier molecular flexibility index (Phi) is 6.18. The van der Waals surface area contributed by atoms with Gasteiger partial charge in [-0.25, -0.2) is 0 Å². The largest absolute Gasteiger partial charge is 0.493 e. The Morgan fingerprint density at radius 3 is 2.42 bits per heavy atom. The van der Waals surface area contributed by atoms with Crippen LogP contribution in [0.1, 0.15) is 16.7 Å². The van der Waals surface area contributed by atoms with Crippen LogP contribution in [0.3, 0.4) is 0 Å². The topological polar surface area (TPSA) is 30.5 Å². The van der Waals surface area contributed by atoms with Gasteiger partial charge in [0.05, 0.1) is 11.6 Å². The molecule has 3 nitrogen and oxygen atoms in total. The van der Waals surface area contributed by atoms with Crippen molar-refractivity contribution in [3.05, 3.63) is 87.9 Å². The monoisotopic (exact) mass is 411 g/mol. The Bertz CT molecular complexity index is 865. The molecule has 0 aliphatic carbocycles. The molecule has 0 amide bonds. The molecule has 0 bridgehead atoms. The van der Waals surface area contributed by atoms with Crippen molar-refractivity contribution in [2.24, 2.45) is 0 Å². The van der Waals surface area contributed by atoms with Crippen molar-refractivity contribution in [3.63, 3.8) is 0 Å². The zero-order valence-electron chi connectivity index (χ0n) is 15.0. The lowest BCUT2D eigenvalue weighted by atomic mass is 10.1. The number of hydrogen-bond donors (Lipinski definition) is 1. The van der Waals surface area contributed by atoms with Crippen LogP contribution in [0.2, 0.25) is 0 Å². The number of anilines is 1. The van der Waals surface area contributed by atoms with Crippen molar-refractivity contribution in [1.29, 1.82) is 0 Å². The number of para-hydroxylation sites is 1. The minimum Gasteiger partial charge on any atom is -0.493 e. The molecule has 3 aromatic carbocycles. The number of halogens is 1. The lowest BCUT2D eigenvalue weighted by molar-refractivity contribution is 0.282. The van der Waals surface area contributed by atoms with Crippen LogP contribution >= 0.6 is 15.9 Å². The van der Waals surface area contributed by atoms with Gasteiger partial charge in [0.15, 0.2) is 11.5 Å². The molecule has 0 saturated heterocycles. The maximum Gasteiger partial charge on any atom is 0.175 e. The van der Waals surface area contributed by atoms with E-state index in [1.54, 1.807) is 7.11 Å². The Hall–Kier alpha value is -2.46. The molecule has 0 unspecified atom stereocenters. The average molecular weight is 412 g/mol. The van der Waals surface area contributed by atoms with Crippen molar-refractivity contribution in [3.8, 4) is 11.5 Å². The van der Waals surface area contributed by atoms with Crippen LogP contribution in [-0.4, -0.2) is 7.11 Å². The molecular weight excluding hydrogens is 390 g/mol. The Labute approximate surface area is 163 Å². The third-order valence-corrected chi connectivity index (χ3v) is 4.78. The van der Waals surface area contributed by atoms with Crippen LogP contribution in [0.4, 0.5) is 5.69 Å². The Morgan fingerprint density at radius 2 is 1.69 bits per heavy atom. The van der Waals surface area contributed by atoms with Gasteiger partial charge in [0.25, 0.3) is 0 Å². The van der Waals surface area contributed by atoms with Crippen molar-refractivity contribution in [2.75, 3.05) is 12.4 Å². The molecule has 0 spiro atoms. The van der Waals surface area contributed by atoms with Crippen molar-refractivity contribution < 1.29 is 9.47 Å². The van der Waals surface area contributed by atoms with Gasteiger partial charge in [0, 0.05) is 12.2 Å². The van der Waals surface area contributed by atoms with Gasteiger partial charge in [-0.05, 0) is 63.8 Å². The first-order chi connectivity index (χ1) is 12.7. The first kappa shape index (κ1) is 18.3. The minimum atomic E-state index is 0.503. The molecule has 0 radical (unpaired) electrons. The van der Waals surface area contributed by atoms with Crippen LogP contribution in [0.5, 0.6) is 11.5 Å². The van der Waals surface area contributed by atoms with Gasteiger partial charge in [-0.1, -0.05) is 42.5 Å². The van der Waals surface area contributed by atoms with E-state index in [0.717, 1.165) is 32.8 Å².